The lowest BCUT2D eigenvalue weighted by Crippen LogP contribution is -2.37. The van der Waals surface area contributed by atoms with E-state index < -0.39 is 36.0 Å². The molecule has 0 bridgehead atoms. The molecule has 1 atom stereocenters. The highest BCUT2D eigenvalue weighted by Gasteiger charge is 2.17. The molecule has 0 aliphatic carbocycles. The van der Waals surface area contributed by atoms with Crippen LogP contribution in [0.2, 0.25) is 0 Å². The van der Waals surface area contributed by atoms with Gasteiger partial charge in [-0.25, -0.2) is 8.78 Å². The lowest BCUT2D eigenvalue weighted by molar-refractivity contribution is -0.137. The van der Waals surface area contributed by atoms with Gasteiger partial charge in [-0.05, 0) is 18.6 Å². The Kier molecular flexibility index (Phi) is 5.41. The van der Waals surface area contributed by atoms with Crippen LogP contribution in [0.25, 0.3) is 0 Å². The molecular weight excluding hydrogens is 256 g/mol. The summed E-state index contributed by atoms with van der Waals surface area (Å²) in [4.78, 5) is 22.2. The van der Waals surface area contributed by atoms with Crippen molar-refractivity contribution in [1.29, 1.82) is 0 Å². The molecule has 0 radical (unpaired) electrons. The van der Waals surface area contributed by atoms with E-state index in [9.17, 15) is 18.4 Å². The third-order valence-corrected chi connectivity index (χ3v) is 2.68. The number of aliphatic carboxylic acids is 1. The first kappa shape index (κ1) is 15.1. The van der Waals surface area contributed by atoms with E-state index in [4.69, 9.17) is 5.11 Å². The topological polar surface area (TPSA) is 66.4 Å². The fourth-order valence-corrected chi connectivity index (χ4v) is 1.65. The normalized spacial score (nSPS) is 11.9. The molecule has 2 N–H and O–H groups in total. The van der Waals surface area contributed by atoms with Crippen molar-refractivity contribution >= 4 is 11.9 Å². The molecule has 0 fully saturated rings. The molecule has 19 heavy (non-hydrogen) atoms. The summed E-state index contributed by atoms with van der Waals surface area (Å²) >= 11 is 0. The first-order valence-electron chi connectivity index (χ1n) is 5.88. The number of carboxylic acid groups (broad SMARTS) is 1. The van der Waals surface area contributed by atoms with Gasteiger partial charge >= 0.3 is 5.97 Å². The van der Waals surface area contributed by atoms with Crippen molar-refractivity contribution in [3.63, 3.8) is 0 Å². The maximum absolute atomic E-state index is 13.3. The molecule has 6 heteroatoms. The van der Waals surface area contributed by atoms with Crippen LogP contribution in [0.3, 0.4) is 0 Å². The number of hydrogen-bond acceptors (Lipinski definition) is 2. The van der Waals surface area contributed by atoms with Gasteiger partial charge in [-0.3, -0.25) is 9.59 Å². The number of carboxylic acids is 1. The van der Waals surface area contributed by atoms with Gasteiger partial charge < -0.3 is 10.4 Å². The van der Waals surface area contributed by atoms with Crippen molar-refractivity contribution < 1.29 is 23.5 Å². The Morgan fingerprint density at radius 1 is 1.32 bits per heavy atom. The van der Waals surface area contributed by atoms with Gasteiger partial charge in [0, 0.05) is 11.6 Å². The lowest BCUT2D eigenvalue weighted by Gasteiger charge is -2.15. The van der Waals surface area contributed by atoms with Crippen LogP contribution in [0.15, 0.2) is 18.2 Å². The summed E-state index contributed by atoms with van der Waals surface area (Å²) in [5.41, 5.74) is -0.315. The van der Waals surface area contributed by atoms with Gasteiger partial charge in [-0.15, -0.1) is 0 Å². The van der Waals surface area contributed by atoms with Crippen molar-refractivity contribution in [2.75, 3.05) is 0 Å². The Labute approximate surface area is 109 Å². The molecule has 104 valence electrons. The SMILES string of the molecule is CCC(CC(=O)O)NC(=O)Cc1c(F)cccc1F. The highest BCUT2D eigenvalue weighted by atomic mass is 19.1. The lowest BCUT2D eigenvalue weighted by atomic mass is 10.1. The molecule has 0 spiro atoms. The van der Waals surface area contributed by atoms with Gasteiger partial charge in [-0.2, -0.15) is 0 Å². The average molecular weight is 271 g/mol. The summed E-state index contributed by atoms with van der Waals surface area (Å²) < 4.78 is 26.7. The third kappa shape index (κ3) is 4.65. The largest absolute Gasteiger partial charge is 0.481 e. The van der Waals surface area contributed by atoms with Crippen molar-refractivity contribution in [2.24, 2.45) is 0 Å². The number of benzene rings is 1. The third-order valence-electron chi connectivity index (χ3n) is 2.68. The minimum Gasteiger partial charge on any atom is -0.481 e. The molecule has 0 saturated heterocycles. The van der Waals surface area contributed by atoms with E-state index in [1.54, 1.807) is 6.92 Å². The smallest absolute Gasteiger partial charge is 0.305 e. The van der Waals surface area contributed by atoms with Gasteiger partial charge in [0.05, 0.1) is 12.8 Å². The van der Waals surface area contributed by atoms with Crippen molar-refractivity contribution in [3.05, 3.63) is 35.4 Å². The van der Waals surface area contributed by atoms with Crippen LogP contribution in [0, 0.1) is 11.6 Å². The van der Waals surface area contributed by atoms with Crippen LogP contribution >= 0.6 is 0 Å². The molecular formula is C13H15F2NO3. The monoisotopic (exact) mass is 271 g/mol. The summed E-state index contributed by atoms with van der Waals surface area (Å²) in [5.74, 6) is -3.22. The van der Waals surface area contributed by atoms with E-state index in [2.05, 4.69) is 5.32 Å². The van der Waals surface area contributed by atoms with Gasteiger partial charge in [0.1, 0.15) is 11.6 Å². The molecule has 1 unspecified atom stereocenters. The molecule has 0 aromatic heterocycles. The zero-order chi connectivity index (χ0) is 14.4. The second kappa shape index (κ2) is 6.82. The first-order valence-corrected chi connectivity index (χ1v) is 5.88. The van der Waals surface area contributed by atoms with E-state index in [1.807, 2.05) is 0 Å². The quantitative estimate of drug-likeness (QED) is 0.830. The molecule has 1 aromatic carbocycles. The maximum atomic E-state index is 13.3. The highest BCUT2D eigenvalue weighted by Crippen LogP contribution is 2.12. The minimum absolute atomic E-state index is 0.220. The zero-order valence-electron chi connectivity index (χ0n) is 10.5. The van der Waals surface area contributed by atoms with Gasteiger partial charge in [0.25, 0.3) is 0 Å². The Balaban J connectivity index is 2.67. The van der Waals surface area contributed by atoms with Crippen LogP contribution in [0.5, 0.6) is 0 Å². The van der Waals surface area contributed by atoms with Gasteiger partial charge in [0.15, 0.2) is 0 Å². The zero-order valence-corrected chi connectivity index (χ0v) is 10.5. The number of hydrogen-bond donors (Lipinski definition) is 2. The fourth-order valence-electron chi connectivity index (χ4n) is 1.65. The summed E-state index contributed by atoms with van der Waals surface area (Å²) in [6.07, 6.45) is -0.242. The van der Waals surface area contributed by atoms with Crippen molar-refractivity contribution in [2.45, 2.75) is 32.2 Å². The summed E-state index contributed by atoms with van der Waals surface area (Å²) in [5, 5.41) is 11.1. The number of nitrogens with one attached hydrogen (secondary N) is 1. The maximum Gasteiger partial charge on any atom is 0.305 e. The predicted octanol–water partition coefficient (Wildman–Crippen LogP) is 1.88. The Morgan fingerprint density at radius 2 is 1.89 bits per heavy atom. The van der Waals surface area contributed by atoms with Crippen molar-refractivity contribution in [1.82, 2.24) is 5.32 Å². The van der Waals surface area contributed by atoms with E-state index in [-0.39, 0.29) is 12.0 Å². The molecule has 1 aromatic rings. The molecule has 4 nitrogen and oxygen atoms in total. The second-order valence-electron chi connectivity index (χ2n) is 4.15. The molecule has 0 aliphatic heterocycles. The van der Waals surface area contributed by atoms with Gasteiger partial charge in [0.2, 0.25) is 5.91 Å². The molecule has 0 aliphatic rings. The van der Waals surface area contributed by atoms with Crippen LogP contribution in [0.1, 0.15) is 25.3 Å². The average Bonchev–Trinajstić information content (AvgIpc) is 2.32. The van der Waals surface area contributed by atoms with Crippen LogP contribution < -0.4 is 5.32 Å². The minimum atomic E-state index is -1.04. The number of amides is 1. The molecule has 1 rings (SSSR count). The van der Waals surface area contributed by atoms with Gasteiger partial charge in [-0.1, -0.05) is 13.0 Å². The standard InChI is InChI=1S/C13H15F2NO3/c1-2-8(6-13(18)19)16-12(17)7-9-10(14)4-3-5-11(9)15/h3-5,8H,2,6-7H2,1H3,(H,16,17)(H,18,19). The first-order chi connectivity index (χ1) is 8.93. The number of carbonyl (C=O) groups excluding carboxylic acids is 1. The van der Waals surface area contributed by atoms with Crippen LogP contribution in [-0.2, 0) is 16.0 Å². The van der Waals surface area contributed by atoms with E-state index in [1.165, 1.54) is 6.07 Å². The number of carbonyl (C=O) groups is 2. The van der Waals surface area contributed by atoms with E-state index in [0.29, 0.717) is 6.42 Å². The molecule has 1 amide bonds. The highest BCUT2D eigenvalue weighted by molar-refractivity contribution is 5.79. The summed E-state index contributed by atoms with van der Waals surface area (Å²) in [6.45, 7) is 1.72. The number of rotatable bonds is 6. The molecule has 0 saturated carbocycles. The molecule has 0 heterocycles. The van der Waals surface area contributed by atoms with E-state index >= 15 is 0 Å². The second-order valence-corrected chi connectivity index (χ2v) is 4.15. The Bertz CT molecular complexity index is 457. The van der Waals surface area contributed by atoms with Crippen LogP contribution in [0.4, 0.5) is 8.78 Å². The van der Waals surface area contributed by atoms with E-state index in [0.717, 1.165) is 12.1 Å². The fraction of sp³-hybridized carbons (Fsp3) is 0.385. The number of halogens is 2. The van der Waals surface area contributed by atoms with Crippen LogP contribution in [-0.4, -0.2) is 23.0 Å². The Hall–Kier alpha value is -1.98. The predicted molar refractivity (Wildman–Crippen MR) is 64.5 cm³/mol. The summed E-state index contributed by atoms with van der Waals surface area (Å²) in [6, 6.07) is 2.81. The Morgan fingerprint density at radius 3 is 2.37 bits per heavy atom. The summed E-state index contributed by atoms with van der Waals surface area (Å²) in [7, 11) is 0. The van der Waals surface area contributed by atoms with Crippen molar-refractivity contribution in [3.8, 4) is 0 Å².